The second kappa shape index (κ2) is 8.94. The summed E-state index contributed by atoms with van der Waals surface area (Å²) in [7, 11) is 1.35. The molecule has 1 saturated carbocycles. The molecule has 1 aliphatic carbocycles. The Morgan fingerprint density at radius 2 is 1.65 bits per heavy atom. The van der Waals surface area contributed by atoms with Crippen LogP contribution in [0.1, 0.15) is 24.2 Å². The molecule has 0 unspecified atom stereocenters. The van der Waals surface area contributed by atoms with Crippen LogP contribution in [0.3, 0.4) is 0 Å². The van der Waals surface area contributed by atoms with Crippen molar-refractivity contribution in [2.45, 2.75) is 38.1 Å². The number of anilines is 2. The number of nitrogens with zero attached hydrogens (tertiary/aromatic N) is 6. The molecule has 40 heavy (non-hydrogen) atoms. The largest absolute Gasteiger partial charge is 0.494 e. The Morgan fingerprint density at radius 1 is 0.925 bits per heavy atom. The maximum absolute atomic E-state index is 14.5. The van der Waals surface area contributed by atoms with E-state index < -0.39 is 23.7 Å². The summed E-state index contributed by atoms with van der Waals surface area (Å²) in [5.41, 5.74) is 2.03. The third-order valence-corrected chi connectivity index (χ3v) is 8.99. The molecule has 3 aliphatic heterocycles. The normalized spacial score (nSPS) is 23.6. The van der Waals surface area contributed by atoms with E-state index in [9.17, 15) is 22.0 Å². The number of fused-ring (bicyclic) bond motifs is 3. The van der Waals surface area contributed by atoms with Crippen LogP contribution in [0.15, 0.2) is 30.3 Å². The van der Waals surface area contributed by atoms with E-state index in [1.165, 1.54) is 13.2 Å². The summed E-state index contributed by atoms with van der Waals surface area (Å²) in [4.78, 5) is 6.04. The van der Waals surface area contributed by atoms with Crippen molar-refractivity contribution in [3.05, 3.63) is 58.4 Å². The first-order valence-corrected chi connectivity index (χ1v) is 13.5. The molecule has 0 amide bonds. The molecule has 3 aromatic rings. The van der Waals surface area contributed by atoms with E-state index >= 15 is 0 Å². The Balaban J connectivity index is 1.10. The maximum Gasteiger partial charge on any atom is 0.391 e. The molecule has 1 spiro atoms. The van der Waals surface area contributed by atoms with Crippen molar-refractivity contribution in [1.29, 1.82) is 0 Å². The molecule has 2 saturated heterocycles. The first-order chi connectivity index (χ1) is 19.0. The number of rotatable bonds is 4. The van der Waals surface area contributed by atoms with Gasteiger partial charge in [-0.25, -0.2) is 8.78 Å². The minimum absolute atomic E-state index is 0.00220. The van der Waals surface area contributed by atoms with Gasteiger partial charge in [-0.2, -0.15) is 13.2 Å². The van der Waals surface area contributed by atoms with Gasteiger partial charge in [0.1, 0.15) is 5.82 Å². The van der Waals surface area contributed by atoms with Crippen LogP contribution >= 0.6 is 11.6 Å². The van der Waals surface area contributed by atoms with Crippen molar-refractivity contribution in [2.24, 2.45) is 11.3 Å². The van der Waals surface area contributed by atoms with Gasteiger partial charge in [0.25, 0.3) is 0 Å². The highest BCUT2D eigenvalue weighted by atomic mass is 35.5. The molecule has 0 N–H and O–H groups in total. The smallest absolute Gasteiger partial charge is 0.391 e. The monoisotopic (exact) mass is 580 g/mol. The predicted octanol–water partition coefficient (Wildman–Crippen LogP) is 5.19. The van der Waals surface area contributed by atoms with Gasteiger partial charge in [-0.15, -0.1) is 10.2 Å². The van der Waals surface area contributed by atoms with Crippen LogP contribution < -0.4 is 14.5 Å². The Labute approximate surface area is 232 Å². The fourth-order valence-corrected chi connectivity index (χ4v) is 6.78. The Hall–Kier alpha value is -3.12. The lowest BCUT2D eigenvalue weighted by molar-refractivity contribution is -0.207. The molecular formula is C27H26ClF5N6O. The van der Waals surface area contributed by atoms with Gasteiger partial charge in [0, 0.05) is 61.3 Å². The van der Waals surface area contributed by atoms with E-state index in [1.807, 2.05) is 26.5 Å². The lowest BCUT2D eigenvalue weighted by Gasteiger charge is -2.61. The van der Waals surface area contributed by atoms with Crippen LogP contribution in [0.4, 0.5) is 33.6 Å². The second-order valence-electron chi connectivity index (χ2n) is 11.4. The molecular weight excluding hydrogens is 555 g/mol. The molecule has 212 valence electrons. The minimum atomic E-state index is -4.17. The number of aromatic nitrogens is 3. The van der Waals surface area contributed by atoms with Crippen LogP contribution in [0.5, 0.6) is 5.75 Å². The fourth-order valence-electron chi connectivity index (χ4n) is 6.58. The Bertz CT molecular complexity index is 1470. The van der Waals surface area contributed by atoms with Crippen LogP contribution in [0.25, 0.3) is 5.69 Å². The number of ether oxygens (including phenoxy) is 1. The maximum atomic E-state index is 14.5. The topological polar surface area (TPSA) is 49.7 Å². The molecule has 4 heterocycles. The first-order valence-electron chi connectivity index (χ1n) is 13.1. The molecule has 7 nitrogen and oxygen atoms in total. The summed E-state index contributed by atoms with van der Waals surface area (Å²) in [6.45, 7) is 3.44. The van der Waals surface area contributed by atoms with Crippen molar-refractivity contribution >= 4 is 23.2 Å². The van der Waals surface area contributed by atoms with Gasteiger partial charge < -0.3 is 14.5 Å². The summed E-state index contributed by atoms with van der Waals surface area (Å²) in [6.07, 6.45) is -4.02. The van der Waals surface area contributed by atoms with Crippen molar-refractivity contribution in [2.75, 3.05) is 43.1 Å². The average molecular weight is 581 g/mol. The lowest BCUT2D eigenvalue weighted by atomic mass is 9.72. The third-order valence-electron chi connectivity index (χ3n) is 8.76. The second-order valence-corrected chi connectivity index (χ2v) is 11.9. The first kappa shape index (κ1) is 25.8. The highest BCUT2D eigenvalue weighted by molar-refractivity contribution is 6.30. The van der Waals surface area contributed by atoms with Crippen molar-refractivity contribution < 1.29 is 26.7 Å². The van der Waals surface area contributed by atoms with Gasteiger partial charge in [-0.3, -0.25) is 9.47 Å². The fraction of sp³-hybridized carbons (Fsp3) is 0.481. The van der Waals surface area contributed by atoms with Crippen LogP contribution in [0.2, 0.25) is 5.02 Å². The molecule has 4 aliphatic rings. The van der Waals surface area contributed by atoms with Gasteiger partial charge in [0.2, 0.25) is 5.95 Å². The highest BCUT2D eigenvalue weighted by Gasteiger charge is 2.54. The summed E-state index contributed by atoms with van der Waals surface area (Å²) >= 11 is 6.32. The number of alkyl halides is 3. The molecule has 0 atom stereocenters. The van der Waals surface area contributed by atoms with Crippen molar-refractivity contribution in [3.63, 3.8) is 0 Å². The van der Waals surface area contributed by atoms with Gasteiger partial charge in [-0.05, 0) is 36.6 Å². The summed E-state index contributed by atoms with van der Waals surface area (Å²) < 4.78 is 74.8. The minimum Gasteiger partial charge on any atom is -0.494 e. The van der Waals surface area contributed by atoms with E-state index in [0.717, 1.165) is 17.3 Å². The Kier molecular flexibility index (Phi) is 5.77. The van der Waals surface area contributed by atoms with E-state index in [1.54, 1.807) is 6.07 Å². The van der Waals surface area contributed by atoms with Crippen molar-refractivity contribution in [1.82, 2.24) is 19.7 Å². The summed E-state index contributed by atoms with van der Waals surface area (Å²) in [5.74, 6) is -1.29. The van der Waals surface area contributed by atoms with Gasteiger partial charge in [0.15, 0.2) is 17.4 Å². The molecule has 0 radical (unpaired) electrons. The zero-order valence-electron chi connectivity index (χ0n) is 21.6. The van der Waals surface area contributed by atoms with E-state index in [0.29, 0.717) is 61.8 Å². The summed E-state index contributed by atoms with van der Waals surface area (Å²) in [5, 5.41) is 9.50. The van der Waals surface area contributed by atoms with Crippen LogP contribution in [-0.4, -0.2) is 65.2 Å². The molecule has 7 rings (SSSR count). The molecule has 1 aromatic heterocycles. The third kappa shape index (κ3) is 4.09. The average Bonchev–Trinajstić information content (AvgIpc) is 3.12. The number of halogens is 6. The van der Waals surface area contributed by atoms with Crippen molar-refractivity contribution in [3.8, 4) is 11.4 Å². The molecule has 13 heteroatoms. The van der Waals surface area contributed by atoms with Crippen LogP contribution in [0, 0.1) is 23.0 Å². The molecule has 0 bridgehead atoms. The van der Waals surface area contributed by atoms with E-state index in [2.05, 4.69) is 15.1 Å². The molecule has 3 fully saturated rings. The number of methoxy groups -OCH3 is 1. The molecule has 2 aromatic carbocycles. The van der Waals surface area contributed by atoms with E-state index in [-0.39, 0.29) is 30.0 Å². The SMILES string of the molecule is COc1cc(N2CC3(C2)CN(c2nnc4n2-c2ccc(Cl)cc2CN(C2CC(C(F)(F)F)C2)C4)C3)c(F)cc1F. The van der Waals surface area contributed by atoms with Crippen LogP contribution in [-0.2, 0) is 13.1 Å². The predicted molar refractivity (Wildman–Crippen MR) is 138 cm³/mol. The lowest BCUT2D eigenvalue weighted by Crippen LogP contribution is -2.73. The van der Waals surface area contributed by atoms with Gasteiger partial charge >= 0.3 is 6.18 Å². The summed E-state index contributed by atoms with van der Waals surface area (Å²) in [6, 6.07) is 7.59. The Morgan fingerprint density at radius 3 is 2.35 bits per heavy atom. The van der Waals surface area contributed by atoms with E-state index in [4.69, 9.17) is 16.3 Å². The number of benzene rings is 2. The van der Waals surface area contributed by atoms with Gasteiger partial charge in [-0.1, -0.05) is 11.6 Å². The zero-order chi connectivity index (χ0) is 28.0. The standard InChI is InChI=1S/C27H26ClF5N6O/c1-40-23-8-22(19(29)7-20(23)30)37-11-26(12-37)13-38(14-26)25-35-34-24-10-36(18-5-16(6-18)27(31,32)33)9-15-4-17(28)2-3-21(15)39(24)25/h2-4,7-8,16,18H,5-6,9-14H2,1H3. The van der Waals surface area contributed by atoms with Gasteiger partial charge in [0.05, 0.1) is 30.9 Å². The highest BCUT2D eigenvalue weighted by Crippen LogP contribution is 2.47. The number of hydrogen-bond donors (Lipinski definition) is 0. The quantitative estimate of drug-likeness (QED) is 0.396. The number of hydrogen-bond acceptors (Lipinski definition) is 6. The zero-order valence-corrected chi connectivity index (χ0v) is 22.3.